The summed E-state index contributed by atoms with van der Waals surface area (Å²) in [6.07, 6.45) is -0.689. The molecule has 1 heterocycles. The quantitative estimate of drug-likeness (QED) is 0.528. The molecule has 1 aliphatic heterocycles. The summed E-state index contributed by atoms with van der Waals surface area (Å²) < 4.78 is 44.9. The zero-order valence-electron chi connectivity index (χ0n) is 19.8. The predicted octanol–water partition coefficient (Wildman–Crippen LogP) is 3.21. The minimum atomic E-state index is -3.38. The second-order valence-corrected chi connectivity index (χ2v) is 12.0. The number of hydrogen-bond acceptors (Lipinski definition) is 6. The number of ether oxygens (including phenoxy) is 1. The smallest absolute Gasteiger partial charge is 0.152 e. The molecule has 8 heteroatoms. The summed E-state index contributed by atoms with van der Waals surface area (Å²) in [6, 6.07) is 10.4. The summed E-state index contributed by atoms with van der Waals surface area (Å²) in [6.45, 7) is 8.96. The molecule has 2 aromatic carbocycles. The third kappa shape index (κ3) is 6.46. The second-order valence-electron chi connectivity index (χ2n) is 9.89. The van der Waals surface area contributed by atoms with Crippen LogP contribution in [0.5, 0.6) is 5.75 Å². The van der Waals surface area contributed by atoms with Crippen LogP contribution >= 0.6 is 0 Å². The number of anilines is 1. The Hall–Kier alpha value is -2.16. The molecule has 3 rings (SSSR count). The van der Waals surface area contributed by atoms with Crippen LogP contribution in [0.1, 0.15) is 44.4 Å². The van der Waals surface area contributed by atoms with E-state index in [1.165, 1.54) is 11.6 Å². The first kappa shape index (κ1) is 25.5. The molecule has 0 bridgehead atoms. The highest BCUT2D eigenvalue weighted by molar-refractivity contribution is 7.91. The number of aliphatic hydroxyl groups excluding tert-OH is 1. The minimum Gasteiger partial charge on any atom is -0.492 e. The van der Waals surface area contributed by atoms with Crippen LogP contribution in [0.2, 0.25) is 0 Å². The number of nitrogens with two attached hydrogens (primary N) is 1. The van der Waals surface area contributed by atoms with Gasteiger partial charge in [0.25, 0.3) is 0 Å². The average Bonchev–Trinajstić information content (AvgIpc) is 2.72. The third-order valence-corrected chi connectivity index (χ3v) is 7.91. The summed E-state index contributed by atoms with van der Waals surface area (Å²) in [7, 11) is -3.38. The third-order valence-electron chi connectivity index (χ3n) is 6.11. The standard InChI is InChI=1S/C25H35FN2O4S/c1-5-32-22-12-17(11-20(26)23(22)27)9-18-14-33(30,31)15-21(24(18)29)28-13-16-7-6-8-19(10-16)25(2,3)4/h6-8,10-12,18,21,24,28-29H,5,9,13-15,27H2,1-4H3/t18-,21+,24+/m1/s1. The van der Waals surface area contributed by atoms with Gasteiger partial charge in [0, 0.05) is 18.5 Å². The molecule has 0 aromatic heterocycles. The molecule has 0 saturated carbocycles. The van der Waals surface area contributed by atoms with E-state index in [0.717, 1.165) is 5.56 Å². The van der Waals surface area contributed by atoms with Gasteiger partial charge in [0.15, 0.2) is 9.84 Å². The van der Waals surface area contributed by atoms with Gasteiger partial charge in [-0.3, -0.25) is 0 Å². The summed E-state index contributed by atoms with van der Waals surface area (Å²) >= 11 is 0. The maximum Gasteiger partial charge on any atom is 0.152 e. The first-order valence-electron chi connectivity index (χ1n) is 11.3. The molecule has 4 N–H and O–H groups in total. The van der Waals surface area contributed by atoms with Crippen molar-refractivity contribution in [3.05, 3.63) is 58.9 Å². The van der Waals surface area contributed by atoms with Gasteiger partial charge in [-0.25, -0.2) is 12.8 Å². The molecule has 0 amide bonds. The molecule has 2 aromatic rings. The molecule has 6 nitrogen and oxygen atoms in total. The van der Waals surface area contributed by atoms with Crippen molar-refractivity contribution in [3.8, 4) is 5.75 Å². The molecule has 1 saturated heterocycles. The number of hydrogen-bond donors (Lipinski definition) is 3. The van der Waals surface area contributed by atoms with E-state index < -0.39 is 33.7 Å². The van der Waals surface area contributed by atoms with Crippen molar-refractivity contribution in [1.29, 1.82) is 0 Å². The van der Waals surface area contributed by atoms with Crippen LogP contribution in [0.15, 0.2) is 36.4 Å². The Morgan fingerprint density at radius 3 is 2.58 bits per heavy atom. The molecule has 182 valence electrons. The van der Waals surface area contributed by atoms with E-state index in [9.17, 15) is 17.9 Å². The van der Waals surface area contributed by atoms with Crippen LogP contribution in [0, 0.1) is 11.7 Å². The number of sulfone groups is 1. The Kier molecular flexibility index (Phi) is 7.71. The number of rotatable bonds is 7. The van der Waals surface area contributed by atoms with Gasteiger partial charge in [0.05, 0.1) is 24.2 Å². The predicted molar refractivity (Wildman–Crippen MR) is 130 cm³/mol. The van der Waals surface area contributed by atoms with Crippen molar-refractivity contribution >= 4 is 15.5 Å². The topological polar surface area (TPSA) is 102 Å². The van der Waals surface area contributed by atoms with Gasteiger partial charge >= 0.3 is 0 Å². The van der Waals surface area contributed by atoms with Gasteiger partial charge in [0.1, 0.15) is 17.3 Å². The van der Waals surface area contributed by atoms with E-state index >= 15 is 0 Å². The zero-order chi connectivity index (χ0) is 24.4. The Morgan fingerprint density at radius 2 is 1.91 bits per heavy atom. The van der Waals surface area contributed by atoms with E-state index in [-0.39, 0.29) is 34.8 Å². The van der Waals surface area contributed by atoms with Crippen LogP contribution in [-0.2, 0) is 28.2 Å². The monoisotopic (exact) mass is 478 g/mol. The fraction of sp³-hybridized carbons (Fsp3) is 0.520. The molecule has 33 heavy (non-hydrogen) atoms. The van der Waals surface area contributed by atoms with Crippen molar-refractivity contribution < 1.29 is 22.7 Å². The molecule has 0 radical (unpaired) electrons. The largest absolute Gasteiger partial charge is 0.492 e. The summed E-state index contributed by atoms with van der Waals surface area (Å²) in [5.74, 6) is -1.24. The van der Waals surface area contributed by atoms with E-state index in [1.54, 1.807) is 13.0 Å². The lowest BCUT2D eigenvalue weighted by Gasteiger charge is -2.35. The fourth-order valence-electron chi connectivity index (χ4n) is 4.29. The number of aliphatic hydroxyl groups is 1. The highest BCUT2D eigenvalue weighted by Crippen LogP contribution is 2.30. The second kappa shape index (κ2) is 9.99. The summed E-state index contributed by atoms with van der Waals surface area (Å²) in [5.41, 5.74) is 8.42. The van der Waals surface area contributed by atoms with E-state index in [0.29, 0.717) is 18.7 Å². The molecule has 3 atom stereocenters. The maximum absolute atomic E-state index is 14.3. The number of nitrogens with one attached hydrogen (secondary N) is 1. The number of benzene rings is 2. The van der Waals surface area contributed by atoms with E-state index in [1.807, 2.05) is 12.1 Å². The lowest BCUT2D eigenvalue weighted by molar-refractivity contribution is 0.0780. The molecular weight excluding hydrogens is 443 g/mol. The Labute approximate surface area is 196 Å². The van der Waals surface area contributed by atoms with Gasteiger partial charge in [-0.15, -0.1) is 0 Å². The van der Waals surface area contributed by atoms with Crippen molar-refractivity contribution in [1.82, 2.24) is 5.32 Å². The van der Waals surface area contributed by atoms with E-state index in [2.05, 4.69) is 38.2 Å². The molecule has 1 fully saturated rings. The molecule has 0 unspecified atom stereocenters. The molecule has 1 aliphatic rings. The van der Waals surface area contributed by atoms with Gasteiger partial charge < -0.3 is 20.9 Å². The maximum atomic E-state index is 14.3. The highest BCUT2D eigenvalue weighted by atomic mass is 32.2. The summed E-state index contributed by atoms with van der Waals surface area (Å²) in [5, 5.41) is 14.2. The van der Waals surface area contributed by atoms with Gasteiger partial charge in [-0.05, 0) is 47.6 Å². The van der Waals surface area contributed by atoms with Crippen LogP contribution in [0.25, 0.3) is 0 Å². The van der Waals surface area contributed by atoms with Crippen LogP contribution < -0.4 is 15.8 Å². The normalized spacial score (nSPS) is 22.8. The van der Waals surface area contributed by atoms with Crippen LogP contribution in [0.4, 0.5) is 10.1 Å². The lowest BCUT2D eigenvalue weighted by Crippen LogP contribution is -2.54. The fourth-order valence-corrected chi connectivity index (χ4v) is 6.26. The lowest BCUT2D eigenvalue weighted by atomic mass is 9.86. The van der Waals surface area contributed by atoms with Crippen molar-refractivity contribution in [2.45, 2.75) is 58.2 Å². The first-order valence-corrected chi connectivity index (χ1v) is 13.1. The Morgan fingerprint density at radius 1 is 1.18 bits per heavy atom. The average molecular weight is 479 g/mol. The Balaban J connectivity index is 1.76. The molecular formula is C25H35FN2O4S. The highest BCUT2D eigenvalue weighted by Gasteiger charge is 2.39. The van der Waals surface area contributed by atoms with Crippen molar-refractivity contribution in [2.75, 3.05) is 23.8 Å². The SMILES string of the molecule is CCOc1cc(C[C@@H]2CS(=O)(=O)C[C@H](NCc3cccc(C(C)(C)C)c3)[C@H]2O)cc(F)c1N. The zero-order valence-corrected chi connectivity index (χ0v) is 20.6. The molecule has 0 aliphatic carbocycles. The van der Waals surface area contributed by atoms with E-state index in [4.69, 9.17) is 10.5 Å². The Bertz CT molecular complexity index is 1080. The van der Waals surface area contributed by atoms with Crippen LogP contribution in [0.3, 0.4) is 0 Å². The van der Waals surface area contributed by atoms with Crippen LogP contribution in [-0.4, -0.2) is 43.8 Å². The van der Waals surface area contributed by atoms with Gasteiger partial charge in [-0.1, -0.05) is 45.0 Å². The van der Waals surface area contributed by atoms with Gasteiger partial charge in [0.2, 0.25) is 0 Å². The van der Waals surface area contributed by atoms with Crippen molar-refractivity contribution in [3.63, 3.8) is 0 Å². The first-order chi connectivity index (χ1) is 15.4. The number of nitrogen functional groups attached to an aromatic ring is 1. The van der Waals surface area contributed by atoms with Crippen molar-refractivity contribution in [2.24, 2.45) is 5.92 Å². The molecule has 0 spiro atoms. The van der Waals surface area contributed by atoms with Gasteiger partial charge in [-0.2, -0.15) is 0 Å². The minimum absolute atomic E-state index is 0.00346. The summed E-state index contributed by atoms with van der Waals surface area (Å²) in [4.78, 5) is 0. The number of halogens is 1.